The predicted molar refractivity (Wildman–Crippen MR) is 69.0 cm³/mol. The van der Waals surface area contributed by atoms with E-state index in [-0.39, 0.29) is 16.5 Å². The highest BCUT2D eigenvalue weighted by Crippen LogP contribution is 2.21. The predicted octanol–water partition coefficient (Wildman–Crippen LogP) is 1.22. The van der Waals surface area contributed by atoms with Gasteiger partial charge in [0.2, 0.25) is 0 Å². The first-order valence-electron chi connectivity index (χ1n) is 5.71. The number of sulfone groups is 1. The van der Waals surface area contributed by atoms with Crippen LogP contribution in [0.4, 0.5) is 0 Å². The number of aromatic nitrogens is 2. The molecule has 0 saturated carbocycles. The fourth-order valence-electron chi connectivity index (χ4n) is 1.86. The van der Waals surface area contributed by atoms with Gasteiger partial charge in [0.15, 0.2) is 20.6 Å². The van der Waals surface area contributed by atoms with E-state index in [4.69, 9.17) is 0 Å². The Morgan fingerprint density at radius 1 is 1.42 bits per heavy atom. The average molecular weight is 282 g/mol. The van der Waals surface area contributed by atoms with E-state index in [2.05, 4.69) is 9.72 Å². The van der Waals surface area contributed by atoms with Crippen molar-refractivity contribution >= 4 is 21.5 Å². The number of hydrogen-bond acceptors (Lipinski definition) is 5. The molecule has 2 heterocycles. The monoisotopic (exact) mass is 282 g/mol. The molecule has 7 heteroatoms. The molecule has 0 aliphatic heterocycles. The third-order valence-electron chi connectivity index (χ3n) is 2.86. The second kappa shape index (κ2) is 4.65. The Labute approximate surface area is 110 Å². The van der Waals surface area contributed by atoms with Gasteiger partial charge in [0, 0.05) is 5.69 Å². The number of hydrogen-bond donors (Lipinski definition) is 0. The van der Waals surface area contributed by atoms with Crippen molar-refractivity contribution in [3.63, 3.8) is 0 Å². The molecule has 6 nitrogen and oxygen atoms in total. The standard InChI is InChI=1S/C12H14N2O4S/c1-4-19(16,17)11-10(12(15)18-3)14-8(2)6-5-7-9(14)13-11/h5-7H,4H2,1-3H3. The Balaban J connectivity index is 2.93. The lowest BCUT2D eigenvalue weighted by molar-refractivity contribution is 0.0587. The van der Waals surface area contributed by atoms with Gasteiger partial charge in [-0.1, -0.05) is 13.0 Å². The maximum Gasteiger partial charge on any atom is 0.358 e. The molecule has 0 aliphatic rings. The van der Waals surface area contributed by atoms with Crippen LogP contribution >= 0.6 is 0 Å². The fraction of sp³-hybridized carbons (Fsp3) is 0.333. The summed E-state index contributed by atoms with van der Waals surface area (Å²) in [6.45, 7) is 3.27. The lowest BCUT2D eigenvalue weighted by Crippen LogP contribution is -2.14. The molecule has 0 radical (unpaired) electrons. The van der Waals surface area contributed by atoms with Crippen LogP contribution in [0.3, 0.4) is 0 Å². The first-order valence-corrected chi connectivity index (χ1v) is 7.36. The number of carbonyl (C=O) groups excluding carboxylic acids is 1. The molecule has 102 valence electrons. The molecular weight excluding hydrogens is 268 g/mol. The highest BCUT2D eigenvalue weighted by atomic mass is 32.2. The van der Waals surface area contributed by atoms with Crippen LogP contribution in [-0.2, 0) is 14.6 Å². The minimum atomic E-state index is -3.60. The molecule has 0 bridgehead atoms. The Kier molecular flexibility index (Phi) is 3.32. The van der Waals surface area contributed by atoms with Crippen molar-refractivity contribution in [2.45, 2.75) is 18.9 Å². The Bertz CT molecular complexity index is 746. The summed E-state index contributed by atoms with van der Waals surface area (Å²) in [5, 5.41) is -0.226. The van der Waals surface area contributed by atoms with Crippen LogP contribution in [-0.4, -0.2) is 36.6 Å². The van der Waals surface area contributed by atoms with Crippen molar-refractivity contribution < 1.29 is 17.9 Å². The number of methoxy groups -OCH3 is 1. The molecule has 2 aromatic rings. The number of imidazole rings is 1. The van der Waals surface area contributed by atoms with Gasteiger partial charge in [0.05, 0.1) is 12.9 Å². The summed E-state index contributed by atoms with van der Waals surface area (Å²) in [5.41, 5.74) is 1.08. The Morgan fingerprint density at radius 2 is 2.11 bits per heavy atom. The van der Waals surface area contributed by atoms with Crippen molar-refractivity contribution in [2.75, 3.05) is 12.9 Å². The minimum Gasteiger partial charge on any atom is -0.464 e. The number of fused-ring (bicyclic) bond motifs is 1. The number of ether oxygens (including phenoxy) is 1. The molecule has 0 N–H and O–H groups in total. The molecule has 2 aromatic heterocycles. The summed E-state index contributed by atoms with van der Waals surface area (Å²) in [6.07, 6.45) is 0. The van der Waals surface area contributed by atoms with Gasteiger partial charge < -0.3 is 4.74 Å². The first kappa shape index (κ1) is 13.5. The molecule has 0 unspecified atom stereocenters. The summed E-state index contributed by atoms with van der Waals surface area (Å²) < 4.78 is 30.2. The fourth-order valence-corrected chi connectivity index (χ4v) is 2.84. The second-order valence-corrected chi connectivity index (χ2v) is 6.21. The van der Waals surface area contributed by atoms with Gasteiger partial charge in [-0.2, -0.15) is 0 Å². The average Bonchev–Trinajstić information content (AvgIpc) is 2.79. The lowest BCUT2D eigenvalue weighted by atomic mass is 10.3. The van der Waals surface area contributed by atoms with E-state index in [0.717, 1.165) is 0 Å². The minimum absolute atomic E-state index is 0.0440. The van der Waals surface area contributed by atoms with Gasteiger partial charge in [-0.05, 0) is 19.1 Å². The zero-order valence-electron chi connectivity index (χ0n) is 10.9. The smallest absolute Gasteiger partial charge is 0.358 e. The Hall–Kier alpha value is -1.89. The van der Waals surface area contributed by atoms with Crippen molar-refractivity contribution in [1.82, 2.24) is 9.38 Å². The zero-order valence-corrected chi connectivity index (χ0v) is 11.7. The van der Waals surface area contributed by atoms with E-state index >= 15 is 0 Å². The number of carbonyl (C=O) groups is 1. The maximum atomic E-state index is 12.0. The Morgan fingerprint density at radius 3 is 2.68 bits per heavy atom. The third-order valence-corrected chi connectivity index (χ3v) is 4.49. The molecule has 0 fully saturated rings. The van der Waals surface area contributed by atoms with E-state index < -0.39 is 15.8 Å². The zero-order chi connectivity index (χ0) is 14.2. The van der Waals surface area contributed by atoms with Crippen molar-refractivity contribution in [1.29, 1.82) is 0 Å². The summed E-state index contributed by atoms with van der Waals surface area (Å²) in [7, 11) is -2.38. The largest absolute Gasteiger partial charge is 0.464 e. The van der Waals surface area contributed by atoms with Gasteiger partial charge in [-0.3, -0.25) is 4.40 Å². The molecule has 0 spiro atoms. The summed E-state index contributed by atoms with van der Waals surface area (Å²) >= 11 is 0. The van der Waals surface area contributed by atoms with E-state index in [1.165, 1.54) is 18.4 Å². The highest BCUT2D eigenvalue weighted by Gasteiger charge is 2.28. The van der Waals surface area contributed by atoms with E-state index in [1.54, 1.807) is 25.1 Å². The molecule has 2 rings (SSSR count). The number of pyridine rings is 1. The van der Waals surface area contributed by atoms with E-state index in [1.807, 2.05) is 0 Å². The molecule has 0 aromatic carbocycles. The maximum absolute atomic E-state index is 12.0. The molecule has 0 atom stereocenters. The van der Waals surface area contributed by atoms with Crippen LogP contribution in [0.1, 0.15) is 23.1 Å². The molecule has 0 aliphatic carbocycles. The summed E-state index contributed by atoms with van der Waals surface area (Å²) in [5.74, 6) is -0.839. The van der Waals surface area contributed by atoms with Crippen LogP contribution in [0.15, 0.2) is 23.2 Å². The highest BCUT2D eigenvalue weighted by molar-refractivity contribution is 7.91. The van der Waals surface area contributed by atoms with Gasteiger partial charge in [0.25, 0.3) is 0 Å². The first-order chi connectivity index (χ1) is 8.92. The van der Waals surface area contributed by atoms with Crippen molar-refractivity contribution in [3.8, 4) is 0 Å². The molecular formula is C12H14N2O4S. The quantitative estimate of drug-likeness (QED) is 0.791. The summed E-state index contributed by atoms with van der Waals surface area (Å²) in [4.78, 5) is 15.9. The SMILES string of the molecule is CCS(=O)(=O)c1nc2cccc(C)n2c1C(=O)OC. The third kappa shape index (κ3) is 2.10. The van der Waals surface area contributed by atoms with E-state index in [9.17, 15) is 13.2 Å². The van der Waals surface area contributed by atoms with Gasteiger partial charge in [0.1, 0.15) is 5.65 Å². The van der Waals surface area contributed by atoms with Gasteiger partial charge in [-0.25, -0.2) is 18.2 Å². The van der Waals surface area contributed by atoms with Crippen molar-refractivity contribution in [2.24, 2.45) is 0 Å². The number of aryl methyl sites for hydroxylation is 1. The van der Waals surface area contributed by atoms with Crippen LogP contribution in [0.2, 0.25) is 0 Å². The van der Waals surface area contributed by atoms with Crippen LogP contribution < -0.4 is 0 Å². The lowest BCUT2D eigenvalue weighted by Gasteiger charge is -2.05. The van der Waals surface area contributed by atoms with Gasteiger partial charge in [-0.15, -0.1) is 0 Å². The van der Waals surface area contributed by atoms with Gasteiger partial charge >= 0.3 is 5.97 Å². The second-order valence-electron chi connectivity index (χ2n) is 4.02. The molecule has 0 saturated heterocycles. The molecule has 19 heavy (non-hydrogen) atoms. The van der Waals surface area contributed by atoms with Crippen LogP contribution in [0, 0.1) is 6.92 Å². The number of nitrogens with zero attached hydrogens (tertiary/aromatic N) is 2. The number of rotatable bonds is 3. The normalized spacial score (nSPS) is 11.7. The van der Waals surface area contributed by atoms with Crippen LogP contribution in [0.5, 0.6) is 0 Å². The van der Waals surface area contributed by atoms with Crippen LogP contribution in [0.25, 0.3) is 5.65 Å². The topological polar surface area (TPSA) is 77.7 Å². The van der Waals surface area contributed by atoms with E-state index in [0.29, 0.717) is 11.3 Å². The summed E-state index contributed by atoms with van der Waals surface area (Å²) in [6, 6.07) is 5.17. The number of esters is 1. The van der Waals surface area contributed by atoms with Crippen molar-refractivity contribution in [3.05, 3.63) is 29.6 Å². The molecule has 0 amide bonds.